The summed E-state index contributed by atoms with van der Waals surface area (Å²) in [5.74, 6) is 0.604. The third-order valence-electron chi connectivity index (χ3n) is 2.88. The average molecular weight is 238 g/mol. The number of hydrogen-bond donors (Lipinski definition) is 0. The molecule has 0 aliphatic carbocycles. The van der Waals surface area contributed by atoms with Crippen molar-refractivity contribution >= 4 is 22.6 Å². The van der Waals surface area contributed by atoms with E-state index in [0.29, 0.717) is 12.3 Å². The zero-order valence-electron chi connectivity index (χ0n) is 10.9. The predicted molar refractivity (Wildman–Crippen MR) is 77.4 cm³/mol. The normalized spacial score (nSPS) is 11.5. The van der Waals surface area contributed by atoms with Crippen LogP contribution < -0.4 is 0 Å². The van der Waals surface area contributed by atoms with Crippen molar-refractivity contribution in [2.24, 2.45) is 5.92 Å². The maximum absolute atomic E-state index is 11.7. The largest absolute Gasteiger partial charge is 0.295 e. The highest BCUT2D eigenvalue weighted by Gasteiger charge is 2.01. The molecule has 18 heavy (non-hydrogen) atoms. The van der Waals surface area contributed by atoms with Crippen LogP contribution >= 0.6 is 0 Å². The number of carbonyl (C=O) groups excluding carboxylic acids is 1. The fourth-order valence-corrected chi connectivity index (χ4v) is 2.05. The summed E-state index contributed by atoms with van der Waals surface area (Å²) in [6.07, 6.45) is 4.23. The molecule has 0 amide bonds. The van der Waals surface area contributed by atoms with Gasteiger partial charge in [-0.2, -0.15) is 0 Å². The molecule has 2 aromatic rings. The Morgan fingerprint density at radius 1 is 1.11 bits per heavy atom. The van der Waals surface area contributed by atoms with Crippen molar-refractivity contribution in [3.63, 3.8) is 0 Å². The molecule has 0 atom stereocenters. The molecule has 0 heterocycles. The van der Waals surface area contributed by atoms with Crippen LogP contribution in [0.15, 0.2) is 48.5 Å². The molecule has 0 N–H and O–H groups in total. The summed E-state index contributed by atoms with van der Waals surface area (Å²) in [6, 6.07) is 14.4. The van der Waals surface area contributed by atoms with Gasteiger partial charge in [-0.05, 0) is 28.3 Å². The lowest BCUT2D eigenvalue weighted by molar-refractivity contribution is -0.115. The van der Waals surface area contributed by atoms with Gasteiger partial charge in [0.1, 0.15) is 0 Å². The summed E-state index contributed by atoms with van der Waals surface area (Å²) in [7, 11) is 0. The number of carbonyl (C=O) groups is 1. The number of hydrogen-bond acceptors (Lipinski definition) is 1. The summed E-state index contributed by atoms with van der Waals surface area (Å²) in [5.41, 5.74) is 1.10. The van der Waals surface area contributed by atoms with E-state index in [1.807, 2.05) is 30.3 Å². The van der Waals surface area contributed by atoms with Crippen molar-refractivity contribution in [1.82, 2.24) is 0 Å². The predicted octanol–water partition coefficient (Wildman–Crippen LogP) is 4.47. The molecule has 0 unspecified atom stereocenters. The first-order valence-corrected chi connectivity index (χ1v) is 6.35. The van der Waals surface area contributed by atoms with Gasteiger partial charge in [0.25, 0.3) is 0 Å². The van der Waals surface area contributed by atoms with E-state index in [2.05, 4.69) is 32.0 Å². The SMILES string of the molecule is CC(C)CC(=O)C=Cc1cccc2ccccc12. The molecule has 1 heteroatoms. The summed E-state index contributed by atoms with van der Waals surface area (Å²) >= 11 is 0. The number of benzene rings is 2. The summed E-state index contributed by atoms with van der Waals surface area (Å²) in [5, 5.41) is 2.39. The van der Waals surface area contributed by atoms with E-state index in [1.165, 1.54) is 10.8 Å². The molecule has 92 valence electrons. The Morgan fingerprint density at radius 3 is 2.61 bits per heavy atom. The van der Waals surface area contributed by atoms with Gasteiger partial charge < -0.3 is 0 Å². The first-order chi connectivity index (χ1) is 8.66. The first-order valence-electron chi connectivity index (χ1n) is 6.35. The molecule has 0 spiro atoms. The van der Waals surface area contributed by atoms with E-state index in [0.717, 1.165) is 5.56 Å². The summed E-state index contributed by atoms with van der Waals surface area (Å²) < 4.78 is 0. The minimum atomic E-state index is 0.193. The van der Waals surface area contributed by atoms with Gasteiger partial charge in [-0.1, -0.05) is 62.4 Å². The van der Waals surface area contributed by atoms with E-state index in [9.17, 15) is 4.79 Å². The van der Waals surface area contributed by atoms with Crippen LogP contribution in [0.3, 0.4) is 0 Å². The van der Waals surface area contributed by atoms with Crippen LogP contribution in [-0.2, 0) is 4.79 Å². The highest BCUT2D eigenvalue weighted by molar-refractivity contribution is 5.97. The summed E-state index contributed by atoms with van der Waals surface area (Å²) in [4.78, 5) is 11.7. The molecular formula is C17H18O. The first kappa shape index (κ1) is 12.6. The molecule has 0 radical (unpaired) electrons. The Morgan fingerprint density at radius 2 is 1.83 bits per heavy atom. The van der Waals surface area contributed by atoms with Crippen molar-refractivity contribution in [3.8, 4) is 0 Å². The van der Waals surface area contributed by atoms with Gasteiger partial charge in [-0.25, -0.2) is 0 Å². The van der Waals surface area contributed by atoms with E-state index in [1.54, 1.807) is 6.08 Å². The van der Waals surface area contributed by atoms with Gasteiger partial charge in [0.2, 0.25) is 0 Å². The molecule has 2 rings (SSSR count). The van der Waals surface area contributed by atoms with E-state index in [-0.39, 0.29) is 5.78 Å². The average Bonchev–Trinajstić information content (AvgIpc) is 2.35. The van der Waals surface area contributed by atoms with Crippen LogP contribution in [-0.4, -0.2) is 5.78 Å². The van der Waals surface area contributed by atoms with Crippen LogP contribution in [0.5, 0.6) is 0 Å². The maximum Gasteiger partial charge on any atom is 0.155 e. The van der Waals surface area contributed by atoms with Crippen molar-refractivity contribution in [2.45, 2.75) is 20.3 Å². The topological polar surface area (TPSA) is 17.1 Å². The van der Waals surface area contributed by atoms with Crippen LogP contribution in [0, 0.1) is 5.92 Å². The Bertz CT molecular complexity index is 574. The Balaban J connectivity index is 2.27. The molecule has 0 fully saturated rings. The van der Waals surface area contributed by atoms with E-state index < -0.39 is 0 Å². The minimum Gasteiger partial charge on any atom is -0.295 e. The van der Waals surface area contributed by atoms with Crippen LogP contribution in [0.2, 0.25) is 0 Å². The van der Waals surface area contributed by atoms with Crippen LogP contribution in [0.1, 0.15) is 25.8 Å². The highest BCUT2D eigenvalue weighted by atomic mass is 16.1. The Kier molecular flexibility index (Phi) is 3.93. The van der Waals surface area contributed by atoms with Crippen molar-refractivity contribution in [3.05, 3.63) is 54.1 Å². The third kappa shape index (κ3) is 3.07. The van der Waals surface area contributed by atoms with Gasteiger partial charge in [-0.3, -0.25) is 4.79 Å². The molecule has 0 aliphatic rings. The number of allylic oxidation sites excluding steroid dienone is 1. The van der Waals surface area contributed by atoms with Gasteiger partial charge in [0.05, 0.1) is 0 Å². The van der Waals surface area contributed by atoms with Crippen LogP contribution in [0.25, 0.3) is 16.8 Å². The quantitative estimate of drug-likeness (QED) is 0.718. The zero-order chi connectivity index (χ0) is 13.0. The van der Waals surface area contributed by atoms with E-state index >= 15 is 0 Å². The highest BCUT2D eigenvalue weighted by Crippen LogP contribution is 2.19. The minimum absolute atomic E-state index is 0.193. The molecule has 2 aromatic carbocycles. The van der Waals surface area contributed by atoms with Crippen LogP contribution in [0.4, 0.5) is 0 Å². The molecule has 0 saturated heterocycles. The lowest BCUT2D eigenvalue weighted by Crippen LogP contribution is -1.98. The molecule has 0 aliphatic heterocycles. The second kappa shape index (κ2) is 5.63. The standard InChI is InChI=1S/C17H18O/c1-13(2)12-16(18)11-10-15-8-5-7-14-6-3-4-9-17(14)15/h3-11,13H,12H2,1-2H3. The summed E-state index contributed by atoms with van der Waals surface area (Å²) in [6.45, 7) is 4.12. The number of fused-ring (bicyclic) bond motifs is 1. The van der Waals surface area contributed by atoms with Gasteiger partial charge >= 0.3 is 0 Å². The third-order valence-corrected chi connectivity index (χ3v) is 2.88. The monoisotopic (exact) mass is 238 g/mol. The van der Waals surface area contributed by atoms with Gasteiger partial charge in [-0.15, -0.1) is 0 Å². The second-order valence-electron chi connectivity index (χ2n) is 4.97. The Labute approximate surface area is 108 Å². The zero-order valence-corrected chi connectivity index (χ0v) is 10.9. The van der Waals surface area contributed by atoms with Gasteiger partial charge in [0.15, 0.2) is 5.78 Å². The lowest BCUT2D eigenvalue weighted by Gasteiger charge is -2.02. The molecule has 1 nitrogen and oxygen atoms in total. The molecule has 0 bridgehead atoms. The maximum atomic E-state index is 11.7. The number of rotatable bonds is 4. The lowest BCUT2D eigenvalue weighted by atomic mass is 10.0. The van der Waals surface area contributed by atoms with Crippen molar-refractivity contribution < 1.29 is 4.79 Å². The van der Waals surface area contributed by atoms with Crippen molar-refractivity contribution in [2.75, 3.05) is 0 Å². The molecule has 0 aromatic heterocycles. The number of ketones is 1. The smallest absolute Gasteiger partial charge is 0.155 e. The molecule has 0 saturated carbocycles. The van der Waals surface area contributed by atoms with Gasteiger partial charge in [0, 0.05) is 6.42 Å². The fraction of sp³-hybridized carbons (Fsp3) is 0.235. The second-order valence-corrected chi connectivity index (χ2v) is 4.97. The van der Waals surface area contributed by atoms with E-state index in [4.69, 9.17) is 0 Å². The fourth-order valence-electron chi connectivity index (χ4n) is 2.05. The molecular weight excluding hydrogens is 220 g/mol. The van der Waals surface area contributed by atoms with Crippen molar-refractivity contribution in [1.29, 1.82) is 0 Å². The Hall–Kier alpha value is -1.89.